The third-order valence-corrected chi connectivity index (χ3v) is 5.36. The second-order valence-corrected chi connectivity index (χ2v) is 7.62. The lowest BCUT2D eigenvalue weighted by Gasteiger charge is -2.17. The number of amides is 1. The van der Waals surface area contributed by atoms with Crippen LogP contribution in [0.3, 0.4) is 0 Å². The molecule has 0 saturated heterocycles. The quantitative estimate of drug-likeness (QED) is 0.663. The molecule has 0 aliphatic heterocycles. The van der Waals surface area contributed by atoms with Crippen molar-refractivity contribution in [3.63, 3.8) is 0 Å². The fraction of sp³-hybridized carbons (Fsp3) is 0.333. The number of carbonyl (C=O) groups excluding carboxylic acids is 1. The lowest BCUT2D eigenvalue weighted by atomic mass is 10.1. The van der Waals surface area contributed by atoms with Crippen LogP contribution in [0, 0.1) is 12.8 Å². The molecule has 3 aromatic rings. The molecule has 1 unspecified atom stereocenters. The normalized spacial score (nSPS) is 15.0. The van der Waals surface area contributed by atoms with E-state index in [1.54, 1.807) is 10.7 Å². The summed E-state index contributed by atoms with van der Waals surface area (Å²) < 4.78 is 43.0. The number of para-hydroxylation sites is 1. The molecule has 1 N–H and O–H groups in total. The van der Waals surface area contributed by atoms with Crippen LogP contribution in [-0.2, 0) is 6.18 Å². The van der Waals surface area contributed by atoms with Crippen molar-refractivity contribution in [3.8, 4) is 5.69 Å². The number of carbonyl (C=O) groups is 1. The third-order valence-electron chi connectivity index (χ3n) is 5.36. The van der Waals surface area contributed by atoms with Gasteiger partial charge in [-0.3, -0.25) is 9.59 Å². The summed E-state index contributed by atoms with van der Waals surface area (Å²) >= 11 is 0. The van der Waals surface area contributed by atoms with Gasteiger partial charge in [-0.25, -0.2) is 9.36 Å². The van der Waals surface area contributed by atoms with Crippen molar-refractivity contribution in [1.82, 2.24) is 19.6 Å². The number of rotatable bonds is 5. The number of hydrogen-bond acceptors (Lipinski definition) is 4. The summed E-state index contributed by atoms with van der Waals surface area (Å²) in [6.45, 7) is 3.45. The highest BCUT2D eigenvalue weighted by molar-refractivity contribution is 6.02. The SMILES string of the molecule is Cc1cc(=O)c(C(=O)Nc2ccnn2C(C)C2CC2)nn1-c1ccccc1C(F)(F)F. The first-order valence-electron chi connectivity index (χ1n) is 9.79. The zero-order valence-electron chi connectivity index (χ0n) is 16.8. The van der Waals surface area contributed by atoms with Crippen molar-refractivity contribution in [2.24, 2.45) is 5.92 Å². The maximum absolute atomic E-state index is 13.5. The molecule has 7 nitrogen and oxygen atoms in total. The molecule has 1 aliphatic rings. The fourth-order valence-corrected chi connectivity index (χ4v) is 3.54. The molecular formula is C21H20F3N5O2. The number of nitrogens with zero attached hydrogens (tertiary/aromatic N) is 4. The van der Waals surface area contributed by atoms with E-state index in [1.807, 2.05) is 6.92 Å². The van der Waals surface area contributed by atoms with E-state index >= 15 is 0 Å². The van der Waals surface area contributed by atoms with Crippen molar-refractivity contribution in [1.29, 1.82) is 0 Å². The Morgan fingerprint density at radius 1 is 1.23 bits per heavy atom. The summed E-state index contributed by atoms with van der Waals surface area (Å²) in [5.41, 5.74) is -2.21. The summed E-state index contributed by atoms with van der Waals surface area (Å²) in [4.78, 5) is 25.3. The molecule has 162 valence electrons. The molecule has 0 bridgehead atoms. The van der Waals surface area contributed by atoms with Gasteiger partial charge in [-0.15, -0.1) is 0 Å². The maximum Gasteiger partial charge on any atom is 0.418 e. The van der Waals surface area contributed by atoms with E-state index in [0.29, 0.717) is 11.7 Å². The van der Waals surface area contributed by atoms with E-state index in [1.165, 1.54) is 31.3 Å². The third kappa shape index (κ3) is 4.10. The minimum atomic E-state index is -4.62. The van der Waals surface area contributed by atoms with E-state index in [4.69, 9.17) is 0 Å². The predicted octanol–water partition coefficient (Wildman–Crippen LogP) is 3.98. The Bertz CT molecular complexity index is 1190. The van der Waals surface area contributed by atoms with Gasteiger partial charge in [0, 0.05) is 17.8 Å². The fourth-order valence-electron chi connectivity index (χ4n) is 3.54. The van der Waals surface area contributed by atoms with E-state index in [9.17, 15) is 22.8 Å². The second-order valence-electron chi connectivity index (χ2n) is 7.62. The average Bonchev–Trinajstić information content (AvgIpc) is 3.46. The number of aromatic nitrogens is 4. The van der Waals surface area contributed by atoms with Gasteiger partial charge in [0.25, 0.3) is 5.91 Å². The van der Waals surface area contributed by atoms with Crippen LogP contribution in [0.5, 0.6) is 0 Å². The van der Waals surface area contributed by atoms with Gasteiger partial charge < -0.3 is 5.32 Å². The van der Waals surface area contributed by atoms with Crippen LogP contribution in [0.25, 0.3) is 5.69 Å². The molecule has 10 heteroatoms. The highest BCUT2D eigenvalue weighted by Gasteiger charge is 2.34. The van der Waals surface area contributed by atoms with Gasteiger partial charge in [-0.05, 0) is 44.7 Å². The molecule has 1 aliphatic carbocycles. The first-order valence-corrected chi connectivity index (χ1v) is 9.79. The van der Waals surface area contributed by atoms with Gasteiger partial charge in [0.15, 0.2) is 5.69 Å². The van der Waals surface area contributed by atoms with Crippen molar-refractivity contribution in [3.05, 3.63) is 69.8 Å². The summed E-state index contributed by atoms with van der Waals surface area (Å²) in [5, 5.41) is 10.8. The predicted molar refractivity (Wildman–Crippen MR) is 107 cm³/mol. The molecular weight excluding hydrogens is 411 g/mol. The molecule has 4 rings (SSSR count). The summed E-state index contributed by atoms with van der Waals surface area (Å²) in [6.07, 6.45) is -0.925. The van der Waals surface area contributed by atoms with Crippen LogP contribution in [0.2, 0.25) is 0 Å². The van der Waals surface area contributed by atoms with Crippen LogP contribution in [0.1, 0.15) is 47.6 Å². The highest BCUT2D eigenvalue weighted by Crippen LogP contribution is 2.40. The Hall–Kier alpha value is -3.43. The van der Waals surface area contributed by atoms with Gasteiger partial charge in [0.2, 0.25) is 5.43 Å². The molecule has 2 aromatic heterocycles. The monoisotopic (exact) mass is 431 g/mol. The molecule has 1 atom stereocenters. The number of nitrogens with one attached hydrogen (secondary N) is 1. The summed E-state index contributed by atoms with van der Waals surface area (Å²) in [6, 6.07) is 7.63. The Kier molecular flexibility index (Phi) is 5.16. The Balaban J connectivity index is 1.71. The summed E-state index contributed by atoms with van der Waals surface area (Å²) in [7, 11) is 0. The van der Waals surface area contributed by atoms with Gasteiger partial charge in [0.05, 0.1) is 23.5 Å². The first kappa shape index (κ1) is 20.8. The Morgan fingerprint density at radius 2 is 1.94 bits per heavy atom. The largest absolute Gasteiger partial charge is 0.418 e. The zero-order chi connectivity index (χ0) is 22.3. The molecule has 1 saturated carbocycles. The van der Waals surface area contributed by atoms with Crippen molar-refractivity contribution in [2.75, 3.05) is 5.32 Å². The molecule has 1 fully saturated rings. The van der Waals surface area contributed by atoms with Gasteiger partial charge in [-0.2, -0.15) is 23.4 Å². The van der Waals surface area contributed by atoms with Crippen molar-refractivity contribution in [2.45, 2.75) is 38.9 Å². The van der Waals surface area contributed by atoms with E-state index < -0.39 is 28.8 Å². The Labute approximate surface area is 175 Å². The van der Waals surface area contributed by atoms with Gasteiger partial charge in [0.1, 0.15) is 5.82 Å². The van der Waals surface area contributed by atoms with Crippen LogP contribution in [0.15, 0.2) is 47.4 Å². The lowest BCUT2D eigenvalue weighted by Crippen LogP contribution is -2.28. The molecule has 1 aromatic carbocycles. The van der Waals surface area contributed by atoms with Crippen LogP contribution < -0.4 is 10.7 Å². The lowest BCUT2D eigenvalue weighted by molar-refractivity contribution is -0.137. The molecule has 0 spiro atoms. The van der Waals surface area contributed by atoms with Gasteiger partial charge >= 0.3 is 6.18 Å². The van der Waals surface area contributed by atoms with E-state index in [-0.39, 0.29) is 17.4 Å². The molecule has 31 heavy (non-hydrogen) atoms. The second kappa shape index (κ2) is 7.68. The number of halogens is 3. The highest BCUT2D eigenvalue weighted by atomic mass is 19.4. The van der Waals surface area contributed by atoms with Crippen LogP contribution in [0.4, 0.5) is 19.0 Å². The van der Waals surface area contributed by atoms with Crippen molar-refractivity contribution >= 4 is 11.7 Å². The van der Waals surface area contributed by atoms with E-state index in [2.05, 4.69) is 15.5 Å². The number of aryl methyl sites for hydroxylation is 1. The maximum atomic E-state index is 13.5. The smallest absolute Gasteiger partial charge is 0.305 e. The first-order chi connectivity index (χ1) is 14.7. The number of hydrogen-bond donors (Lipinski definition) is 1. The minimum absolute atomic E-state index is 0.0756. The molecule has 2 heterocycles. The van der Waals surface area contributed by atoms with Gasteiger partial charge in [-0.1, -0.05) is 12.1 Å². The zero-order valence-corrected chi connectivity index (χ0v) is 16.8. The topological polar surface area (TPSA) is 81.8 Å². The van der Waals surface area contributed by atoms with E-state index in [0.717, 1.165) is 29.7 Å². The Morgan fingerprint density at radius 3 is 2.61 bits per heavy atom. The average molecular weight is 431 g/mol. The van der Waals surface area contributed by atoms with Crippen LogP contribution in [-0.4, -0.2) is 25.5 Å². The standard InChI is InChI=1S/C21H20F3N5O2/c1-12-11-17(30)19(27-28(12)16-6-4-3-5-15(16)21(22,23)24)20(31)26-18-9-10-25-29(18)13(2)14-7-8-14/h3-6,9-11,13-14H,7-8H2,1-2H3,(H,26,31). The molecule has 1 amide bonds. The molecule has 0 radical (unpaired) electrons. The number of anilines is 1. The van der Waals surface area contributed by atoms with Crippen LogP contribution >= 0.6 is 0 Å². The summed E-state index contributed by atoms with van der Waals surface area (Å²) in [5.74, 6) is 0.0607. The minimum Gasteiger partial charge on any atom is -0.305 e. The number of alkyl halides is 3. The van der Waals surface area contributed by atoms with Crippen molar-refractivity contribution < 1.29 is 18.0 Å². The number of benzene rings is 1.